The van der Waals surface area contributed by atoms with Gasteiger partial charge in [0.15, 0.2) is 0 Å². The summed E-state index contributed by atoms with van der Waals surface area (Å²) in [6, 6.07) is 6.63. The Hall–Kier alpha value is -1.35. The van der Waals surface area contributed by atoms with Crippen molar-refractivity contribution >= 4 is 11.0 Å². The summed E-state index contributed by atoms with van der Waals surface area (Å²) in [6.07, 6.45) is 0. The molecule has 2 rings (SSSR count). The van der Waals surface area contributed by atoms with E-state index in [1.54, 1.807) is 6.07 Å². The molecule has 2 aromatic rings. The van der Waals surface area contributed by atoms with Gasteiger partial charge in [0.1, 0.15) is 17.2 Å². The Bertz CT molecular complexity index is 449. The number of fused-ring (bicyclic) bond motifs is 1. The highest BCUT2D eigenvalue weighted by atomic mass is 19.1. The van der Waals surface area contributed by atoms with Gasteiger partial charge in [0.05, 0.1) is 6.04 Å². The normalized spacial score (nSPS) is 13.4. The molecule has 1 unspecified atom stereocenters. The number of furan rings is 1. The van der Waals surface area contributed by atoms with Crippen LogP contribution in [0.1, 0.15) is 18.7 Å². The van der Waals surface area contributed by atoms with Crippen molar-refractivity contribution in [2.24, 2.45) is 0 Å². The van der Waals surface area contributed by atoms with Crippen LogP contribution >= 0.6 is 0 Å². The van der Waals surface area contributed by atoms with Gasteiger partial charge < -0.3 is 9.73 Å². The summed E-state index contributed by atoms with van der Waals surface area (Å²) < 4.78 is 18.4. The molecule has 1 N–H and O–H groups in total. The molecule has 0 amide bonds. The zero-order chi connectivity index (χ0) is 10.1. The van der Waals surface area contributed by atoms with E-state index in [0.29, 0.717) is 5.58 Å². The molecule has 0 fully saturated rings. The molecule has 1 aromatic heterocycles. The van der Waals surface area contributed by atoms with Crippen LogP contribution in [0.5, 0.6) is 0 Å². The summed E-state index contributed by atoms with van der Waals surface area (Å²) >= 11 is 0. The Balaban J connectivity index is 2.51. The van der Waals surface area contributed by atoms with Crippen LogP contribution in [0, 0.1) is 5.82 Å². The molecule has 0 aliphatic heterocycles. The predicted octanol–water partition coefficient (Wildman–Crippen LogP) is 2.85. The highest BCUT2D eigenvalue weighted by Gasteiger charge is 2.09. The minimum atomic E-state index is -0.268. The molecule has 2 nitrogen and oxygen atoms in total. The van der Waals surface area contributed by atoms with Crippen LogP contribution in [0.4, 0.5) is 4.39 Å². The number of benzene rings is 1. The van der Waals surface area contributed by atoms with Crippen LogP contribution in [-0.2, 0) is 0 Å². The number of hydrogen-bond donors (Lipinski definition) is 1. The van der Waals surface area contributed by atoms with Crippen LogP contribution in [0.25, 0.3) is 11.0 Å². The molecule has 74 valence electrons. The first-order chi connectivity index (χ1) is 6.70. The van der Waals surface area contributed by atoms with Gasteiger partial charge in [0.25, 0.3) is 0 Å². The molecular weight excluding hydrogens is 181 g/mol. The third-order valence-corrected chi connectivity index (χ3v) is 2.36. The highest BCUT2D eigenvalue weighted by Crippen LogP contribution is 2.24. The lowest BCUT2D eigenvalue weighted by Gasteiger charge is -2.04. The van der Waals surface area contributed by atoms with Gasteiger partial charge in [-0.3, -0.25) is 0 Å². The van der Waals surface area contributed by atoms with Gasteiger partial charge in [-0.2, -0.15) is 0 Å². The zero-order valence-corrected chi connectivity index (χ0v) is 8.17. The fraction of sp³-hybridized carbons (Fsp3) is 0.273. The molecule has 0 saturated carbocycles. The first-order valence-electron chi connectivity index (χ1n) is 4.57. The van der Waals surface area contributed by atoms with Crippen molar-refractivity contribution in [1.29, 1.82) is 0 Å². The Morgan fingerprint density at radius 3 is 2.86 bits per heavy atom. The van der Waals surface area contributed by atoms with E-state index in [4.69, 9.17) is 4.42 Å². The van der Waals surface area contributed by atoms with Crippen molar-refractivity contribution in [3.8, 4) is 0 Å². The van der Waals surface area contributed by atoms with Gasteiger partial charge in [-0.05, 0) is 32.2 Å². The molecular formula is C11H12FNO. The maximum absolute atomic E-state index is 12.9. The third-order valence-electron chi connectivity index (χ3n) is 2.36. The molecule has 0 spiro atoms. The van der Waals surface area contributed by atoms with E-state index in [1.165, 1.54) is 12.1 Å². The lowest BCUT2D eigenvalue weighted by molar-refractivity contribution is 0.473. The number of nitrogens with one attached hydrogen (secondary N) is 1. The summed E-state index contributed by atoms with van der Waals surface area (Å²) in [7, 11) is 1.86. The van der Waals surface area contributed by atoms with Crippen LogP contribution in [0.3, 0.4) is 0 Å². The van der Waals surface area contributed by atoms with E-state index in [9.17, 15) is 4.39 Å². The van der Waals surface area contributed by atoms with E-state index >= 15 is 0 Å². The van der Waals surface area contributed by atoms with Crippen molar-refractivity contribution < 1.29 is 8.81 Å². The monoisotopic (exact) mass is 193 g/mol. The summed E-state index contributed by atoms with van der Waals surface area (Å²) in [5.41, 5.74) is 0.599. The van der Waals surface area contributed by atoms with Gasteiger partial charge in [-0.1, -0.05) is 0 Å². The Morgan fingerprint density at radius 2 is 2.14 bits per heavy atom. The van der Waals surface area contributed by atoms with Gasteiger partial charge in [-0.15, -0.1) is 0 Å². The standard InChI is InChI=1S/C11H12FNO/c1-7(13-2)10-5-8-3-4-9(12)6-11(8)14-10/h3-7,13H,1-2H3. The van der Waals surface area contributed by atoms with Crippen molar-refractivity contribution in [2.45, 2.75) is 13.0 Å². The van der Waals surface area contributed by atoms with E-state index in [1.807, 2.05) is 20.0 Å². The Morgan fingerprint density at radius 1 is 1.36 bits per heavy atom. The lowest BCUT2D eigenvalue weighted by atomic mass is 10.2. The number of halogens is 1. The minimum absolute atomic E-state index is 0.144. The van der Waals surface area contributed by atoms with Crippen molar-refractivity contribution in [3.05, 3.63) is 35.8 Å². The first-order valence-corrected chi connectivity index (χ1v) is 4.57. The molecule has 0 bridgehead atoms. The third kappa shape index (κ3) is 1.51. The minimum Gasteiger partial charge on any atom is -0.459 e. The molecule has 1 atom stereocenters. The number of rotatable bonds is 2. The maximum Gasteiger partial charge on any atom is 0.137 e. The SMILES string of the molecule is CNC(C)c1cc2ccc(F)cc2o1. The maximum atomic E-state index is 12.9. The molecule has 0 aliphatic carbocycles. The second kappa shape index (κ2) is 3.42. The Kier molecular flexibility index (Phi) is 2.25. The zero-order valence-electron chi connectivity index (χ0n) is 8.17. The molecule has 14 heavy (non-hydrogen) atoms. The quantitative estimate of drug-likeness (QED) is 0.793. The number of hydrogen-bond acceptors (Lipinski definition) is 2. The molecule has 1 heterocycles. The second-order valence-electron chi connectivity index (χ2n) is 3.34. The highest BCUT2D eigenvalue weighted by molar-refractivity contribution is 5.77. The van der Waals surface area contributed by atoms with Crippen LogP contribution in [0.2, 0.25) is 0 Å². The van der Waals surface area contributed by atoms with Gasteiger partial charge >= 0.3 is 0 Å². The fourth-order valence-corrected chi connectivity index (χ4v) is 1.38. The van der Waals surface area contributed by atoms with Crippen molar-refractivity contribution in [3.63, 3.8) is 0 Å². The van der Waals surface area contributed by atoms with Crippen molar-refractivity contribution in [2.75, 3.05) is 7.05 Å². The molecule has 3 heteroatoms. The van der Waals surface area contributed by atoms with Crippen molar-refractivity contribution in [1.82, 2.24) is 5.32 Å². The predicted molar refractivity (Wildman–Crippen MR) is 53.6 cm³/mol. The summed E-state index contributed by atoms with van der Waals surface area (Å²) in [5.74, 6) is 0.559. The summed E-state index contributed by atoms with van der Waals surface area (Å²) in [4.78, 5) is 0. The molecule has 0 aliphatic rings. The van der Waals surface area contributed by atoms with Gasteiger partial charge in [-0.25, -0.2) is 4.39 Å². The van der Waals surface area contributed by atoms with E-state index in [0.717, 1.165) is 11.1 Å². The molecule has 0 radical (unpaired) electrons. The van der Waals surface area contributed by atoms with E-state index in [-0.39, 0.29) is 11.9 Å². The second-order valence-corrected chi connectivity index (χ2v) is 3.34. The molecule has 0 saturated heterocycles. The van der Waals surface area contributed by atoms with Gasteiger partial charge in [0, 0.05) is 11.5 Å². The largest absolute Gasteiger partial charge is 0.459 e. The van der Waals surface area contributed by atoms with E-state index < -0.39 is 0 Å². The summed E-state index contributed by atoms with van der Waals surface area (Å²) in [6.45, 7) is 1.99. The van der Waals surface area contributed by atoms with E-state index in [2.05, 4.69) is 5.32 Å². The van der Waals surface area contributed by atoms with Gasteiger partial charge in [0.2, 0.25) is 0 Å². The lowest BCUT2D eigenvalue weighted by Crippen LogP contribution is -2.10. The topological polar surface area (TPSA) is 25.2 Å². The average Bonchev–Trinajstić information content (AvgIpc) is 2.59. The first kappa shape index (κ1) is 9.21. The smallest absolute Gasteiger partial charge is 0.137 e. The van der Waals surface area contributed by atoms with Crippen LogP contribution in [-0.4, -0.2) is 7.05 Å². The fourth-order valence-electron chi connectivity index (χ4n) is 1.38. The Labute approximate surface area is 81.7 Å². The average molecular weight is 193 g/mol. The summed E-state index contributed by atoms with van der Waals surface area (Å²) in [5, 5.41) is 4.00. The van der Waals surface area contributed by atoms with Crippen LogP contribution in [0.15, 0.2) is 28.7 Å². The van der Waals surface area contributed by atoms with Crippen LogP contribution < -0.4 is 5.32 Å². The molecule has 1 aromatic carbocycles.